The highest BCUT2D eigenvalue weighted by atomic mass is 16.4. The van der Waals surface area contributed by atoms with Gasteiger partial charge in [0.15, 0.2) is 0 Å². The van der Waals surface area contributed by atoms with Gasteiger partial charge in [0.05, 0.1) is 5.92 Å². The summed E-state index contributed by atoms with van der Waals surface area (Å²) in [4.78, 5) is 27.3. The van der Waals surface area contributed by atoms with Gasteiger partial charge >= 0.3 is 5.97 Å². The zero-order chi connectivity index (χ0) is 14.0. The summed E-state index contributed by atoms with van der Waals surface area (Å²) in [6.07, 6.45) is 3.04. The lowest BCUT2D eigenvalue weighted by Gasteiger charge is -2.24. The highest BCUT2D eigenvalue weighted by molar-refractivity contribution is 5.80. The van der Waals surface area contributed by atoms with Crippen molar-refractivity contribution in [2.24, 2.45) is 17.8 Å². The summed E-state index contributed by atoms with van der Waals surface area (Å²) in [7, 11) is 3.96. The van der Waals surface area contributed by atoms with E-state index >= 15 is 0 Å². The van der Waals surface area contributed by atoms with E-state index in [-0.39, 0.29) is 17.7 Å². The Morgan fingerprint density at radius 3 is 2.47 bits per heavy atom. The van der Waals surface area contributed by atoms with Crippen molar-refractivity contribution >= 4 is 11.9 Å². The number of rotatable bonds is 4. The van der Waals surface area contributed by atoms with Crippen LogP contribution in [0.25, 0.3) is 0 Å². The molecule has 0 aromatic rings. The molecule has 19 heavy (non-hydrogen) atoms. The summed E-state index contributed by atoms with van der Waals surface area (Å²) in [5.74, 6) is -0.450. The van der Waals surface area contributed by atoms with Crippen LogP contribution in [0.2, 0.25) is 0 Å². The second-order valence-electron chi connectivity index (χ2n) is 6.18. The molecule has 1 heterocycles. The minimum atomic E-state index is -0.754. The number of amides is 1. The molecule has 2 aliphatic rings. The molecule has 0 bridgehead atoms. The van der Waals surface area contributed by atoms with Crippen LogP contribution in [0, 0.1) is 17.8 Å². The van der Waals surface area contributed by atoms with Gasteiger partial charge in [-0.15, -0.1) is 0 Å². The van der Waals surface area contributed by atoms with Crippen molar-refractivity contribution in [3.63, 3.8) is 0 Å². The highest BCUT2D eigenvalue weighted by Crippen LogP contribution is 2.32. The first-order valence-electron chi connectivity index (χ1n) is 7.13. The Morgan fingerprint density at radius 2 is 1.95 bits per heavy atom. The second kappa shape index (κ2) is 5.90. The van der Waals surface area contributed by atoms with Gasteiger partial charge < -0.3 is 14.9 Å². The third-order valence-electron chi connectivity index (χ3n) is 4.53. The molecule has 5 heteroatoms. The number of carbonyl (C=O) groups is 2. The molecule has 0 aromatic carbocycles. The number of likely N-dealkylation sites (tertiary alicyclic amines) is 1. The van der Waals surface area contributed by atoms with E-state index in [0.717, 1.165) is 32.5 Å². The Hall–Kier alpha value is -1.10. The predicted octanol–water partition coefficient (Wildman–Crippen LogP) is 0.897. The largest absolute Gasteiger partial charge is 0.481 e. The van der Waals surface area contributed by atoms with Gasteiger partial charge in [-0.2, -0.15) is 0 Å². The molecular formula is C14H24N2O3. The Morgan fingerprint density at radius 1 is 1.26 bits per heavy atom. The average Bonchev–Trinajstić information content (AvgIpc) is 2.97. The maximum absolute atomic E-state index is 12.3. The lowest BCUT2D eigenvalue weighted by Crippen LogP contribution is -2.36. The molecule has 108 valence electrons. The number of carbonyl (C=O) groups excluding carboxylic acids is 1. The number of hydrogen-bond acceptors (Lipinski definition) is 3. The summed E-state index contributed by atoms with van der Waals surface area (Å²) in [5.41, 5.74) is 0. The fraction of sp³-hybridized carbons (Fsp3) is 0.857. The molecule has 5 nitrogen and oxygen atoms in total. The van der Waals surface area contributed by atoms with Crippen molar-refractivity contribution in [1.82, 2.24) is 9.80 Å². The minimum absolute atomic E-state index is 0.0785. The van der Waals surface area contributed by atoms with Crippen LogP contribution in [0.5, 0.6) is 0 Å². The lowest BCUT2D eigenvalue weighted by molar-refractivity contribution is -0.141. The SMILES string of the molecule is CN1CCC(CN(C)C(=O)[C@@H]2CC[C@H](C(=O)O)C2)C1. The standard InChI is InChI=1S/C14H24N2O3/c1-15-6-5-10(8-15)9-16(2)13(17)11-3-4-12(7-11)14(18)19/h10-12H,3-9H2,1-2H3,(H,18,19)/t10?,11-,12+/m1/s1. The highest BCUT2D eigenvalue weighted by Gasteiger charge is 2.35. The fourth-order valence-corrected chi connectivity index (χ4v) is 3.39. The summed E-state index contributed by atoms with van der Waals surface area (Å²) in [5, 5.41) is 8.98. The maximum Gasteiger partial charge on any atom is 0.306 e. The van der Waals surface area contributed by atoms with Crippen LogP contribution in [-0.4, -0.2) is 60.5 Å². The Labute approximate surface area is 114 Å². The molecular weight excluding hydrogens is 244 g/mol. The molecule has 1 aliphatic heterocycles. The van der Waals surface area contributed by atoms with Crippen molar-refractivity contribution < 1.29 is 14.7 Å². The normalized spacial score (nSPS) is 31.6. The number of carboxylic acids is 1. The molecule has 0 spiro atoms. The topological polar surface area (TPSA) is 60.9 Å². The molecule has 0 radical (unpaired) electrons. The van der Waals surface area contributed by atoms with Crippen LogP contribution in [0.4, 0.5) is 0 Å². The van der Waals surface area contributed by atoms with E-state index in [1.807, 2.05) is 11.9 Å². The Kier molecular flexibility index (Phi) is 4.45. The van der Waals surface area contributed by atoms with E-state index < -0.39 is 5.97 Å². The number of nitrogens with zero attached hydrogens (tertiary/aromatic N) is 2. The van der Waals surface area contributed by atoms with Gasteiger partial charge in [0, 0.05) is 26.1 Å². The van der Waals surface area contributed by atoms with Crippen molar-refractivity contribution in [3.05, 3.63) is 0 Å². The van der Waals surface area contributed by atoms with Crippen molar-refractivity contribution in [2.45, 2.75) is 25.7 Å². The zero-order valence-electron chi connectivity index (χ0n) is 11.8. The number of aliphatic carboxylic acids is 1. The van der Waals surface area contributed by atoms with Gasteiger partial charge in [-0.1, -0.05) is 0 Å². The molecule has 2 rings (SSSR count). The molecule has 1 unspecified atom stereocenters. The van der Waals surface area contributed by atoms with Crippen LogP contribution < -0.4 is 0 Å². The molecule has 2 fully saturated rings. The van der Waals surface area contributed by atoms with E-state index in [4.69, 9.17) is 5.11 Å². The van der Waals surface area contributed by atoms with Gasteiger partial charge in [0.25, 0.3) is 0 Å². The summed E-state index contributed by atoms with van der Waals surface area (Å²) >= 11 is 0. The van der Waals surface area contributed by atoms with Crippen molar-refractivity contribution in [3.8, 4) is 0 Å². The van der Waals surface area contributed by atoms with Gasteiger partial charge in [0.2, 0.25) is 5.91 Å². The maximum atomic E-state index is 12.3. The number of hydrogen-bond donors (Lipinski definition) is 1. The summed E-state index contributed by atoms with van der Waals surface area (Å²) < 4.78 is 0. The van der Waals surface area contributed by atoms with Crippen LogP contribution in [0.1, 0.15) is 25.7 Å². The van der Waals surface area contributed by atoms with Gasteiger partial charge in [-0.3, -0.25) is 9.59 Å². The smallest absolute Gasteiger partial charge is 0.306 e. The van der Waals surface area contributed by atoms with Crippen LogP contribution in [0.3, 0.4) is 0 Å². The van der Waals surface area contributed by atoms with Crippen LogP contribution >= 0.6 is 0 Å². The Balaban J connectivity index is 1.81. The van der Waals surface area contributed by atoms with E-state index in [9.17, 15) is 9.59 Å². The first-order chi connectivity index (χ1) is 8.97. The molecule has 3 atom stereocenters. The molecule has 1 saturated heterocycles. The first-order valence-corrected chi connectivity index (χ1v) is 7.13. The minimum Gasteiger partial charge on any atom is -0.481 e. The molecule has 1 aliphatic carbocycles. The molecule has 0 aromatic heterocycles. The third kappa shape index (κ3) is 3.47. The van der Waals surface area contributed by atoms with Gasteiger partial charge in [0.1, 0.15) is 0 Å². The van der Waals surface area contributed by atoms with Crippen LogP contribution in [0.15, 0.2) is 0 Å². The van der Waals surface area contributed by atoms with Gasteiger partial charge in [-0.05, 0) is 45.2 Å². The molecule has 1 amide bonds. The van der Waals surface area contributed by atoms with E-state index in [1.54, 1.807) is 0 Å². The van der Waals surface area contributed by atoms with Crippen molar-refractivity contribution in [2.75, 3.05) is 33.7 Å². The Bertz CT molecular complexity index is 359. The van der Waals surface area contributed by atoms with E-state index in [2.05, 4.69) is 11.9 Å². The summed E-state index contributed by atoms with van der Waals surface area (Å²) in [6, 6.07) is 0. The van der Waals surface area contributed by atoms with E-state index in [1.165, 1.54) is 0 Å². The first kappa shape index (κ1) is 14.3. The zero-order valence-corrected chi connectivity index (χ0v) is 11.8. The fourth-order valence-electron chi connectivity index (χ4n) is 3.39. The third-order valence-corrected chi connectivity index (χ3v) is 4.53. The number of carboxylic acid groups (broad SMARTS) is 1. The van der Waals surface area contributed by atoms with Gasteiger partial charge in [-0.25, -0.2) is 0 Å². The lowest BCUT2D eigenvalue weighted by atomic mass is 10.0. The second-order valence-corrected chi connectivity index (χ2v) is 6.18. The summed E-state index contributed by atoms with van der Waals surface area (Å²) in [6.45, 7) is 2.97. The van der Waals surface area contributed by atoms with Crippen molar-refractivity contribution in [1.29, 1.82) is 0 Å². The molecule has 1 saturated carbocycles. The van der Waals surface area contributed by atoms with Crippen LogP contribution in [-0.2, 0) is 9.59 Å². The predicted molar refractivity (Wildman–Crippen MR) is 71.7 cm³/mol. The molecule has 1 N–H and O–H groups in total. The monoisotopic (exact) mass is 268 g/mol. The van der Waals surface area contributed by atoms with E-state index in [0.29, 0.717) is 18.8 Å². The quantitative estimate of drug-likeness (QED) is 0.823. The average molecular weight is 268 g/mol.